The first-order valence-electron chi connectivity index (χ1n) is 4.96. The van der Waals surface area contributed by atoms with Gasteiger partial charge in [-0.2, -0.15) is 0 Å². The second-order valence-corrected chi connectivity index (χ2v) is 3.78. The van der Waals surface area contributed by atoms with Crippen molar-refractivity contribution < 1.29 is 23.0 Å². The third-order valence-corrected chi connectivity index (χ3v) is 2.29. The second kappa shape index (κ2) is 5.37. The van der Waals surface area contributed by atoms with Gasteiger partial charge < -0.3 is 14.7 Å². The van der Waals surface area contributed by atoms with Crippen molar-refractivity contribution in [1.82, 2.24) is 4.90 Å². The molecule has 3 nitrogen and oxygen atoms in total. The number of aliphatic hydroxyl groups is 1. The zero-order valence-electron chi connectivity index (χ0n) is 9.53. The van der Waals surface area contributed by atoms with Crippen molar-refractivity contribution in [3.63, 3.8) is 0 Å². The first kappa shape index (κ1) is 13.8. The number of alkyl halides is 3. The fourth-order valence-corrected chi connectivity index (χ4v) is 1.46. The van der Waals surface area contributed by atoms with Crippen molar-refractivity contribution in [2.24, 2.45) is 0 Å². The molecule has 0 fully saturated rings. The number of hydrogen-bond donors (Lipinski definition) is 1. The lowest BCUT2D eigenvalue weighted by Gasteiger charge is -2.22. The summed E-state index contributed by atoms with van der Waals surface area (Å²) in [7, 11) is 3.56. The van der Waals surface area contributed by atoms with Crippen molar-refractivity contribution in [3.8, 4) is 5.75 Å². The Hall–Kier alpha value is -1.27. The Morgan fingerprint density at radius 2 is 1.76 bits per heavy atom. The number of nitrogens with zero attached hydrogens (tertiary/aromatic N) is 1. The molecule has 6 heteroatoms. The summed E-state index contributed by atoms with van der Waals surface area (Å²) in [6, 6.07) is 5.23. The molecule has 0 saturated carbocycles. The van der Waals surface area contributed by atoms with Crippen molar-refractivity contribution >= 4 is 0 Å². The van der Waals surface area contributed by atoms with Crippen LogP contribution in [0.1, 0.15) is 11.6 Å². The summed E-state index contributed by atoms with van der Waals surface area (Å²) in [6.45, 7) is -0.105. The lowest BCUT2D eigenvalue weighted by atomic mass is 10.1. The monoisotopic (exact) mass is 249 g/mol. The lowest BCUT2D eigenvalue weighted by molar-refractivity contribution is -0.274. The fourth-order valence-electron chi connectivity index (χ4n) is 1.46. The minimum absolute atomic E-state index is 0.105. The summed E-state index contributed by atoms with van der Waals surface area (Å²) in [4.78, 5) is 1.78. The van der Waals surface area contributed by atoms with E-state index in [0.29, 0.717) is 0 Å². The molecule has 0 radical (unpaired) electrons. The van der Waals surface area contributed by atoms with Gasteiger partial charge in [-0.25, -0.2) is 0 Å². The molecule has 1 N–H and O–H groups in total. The summed E-state index contributed by atoms with van der Waals surface area (Å²) in [5, 5.41) is 9.15. The highest BCUT2D eigenvalue weighted by molar-refractivity contribution is 5.29. The van der Waals surface area contributed by atoms with Crippen molar-refractivity contribution in [2.75, 3.05) is 20.7 Å². The zero-order valence-corrected chi connectivity index (χ0v) is 9.53. The van der Waals surface area contributed by atoms with Crippen LogP contribution in [0, 0.1) is 0 Å². The molecule has 1 atom stereocenters. The first-order valence-corrected chi connectivity index (χ1v) is 4.96. The number of benzene rings is 1. The van der Waals surface area contributed by atoms with Crippen LogP contribution in [0.25, 0.3) is 0 Å². The molecule has 0 aliphatic heterocycles. The maximum absolute atomic E-state index is 11.9. The number of aliphatic hydroxyl groups excluding tert-OH is 1. The van der Waals surface area contributed by atoms with Crippen LogP contribution in [-0.4, -0.2) is 37.1 Å². The zero-order chi connectivity index (χ0) is 13.1. The standard InChI is InChI=1S/C11H14F3NO2/c1-15(2)10(7-16)8-3-5-9(6-4-8)17-11(12,13)14/h3-6,10,16H,7H2,1-2H3. The summed E-state index contributed by atoms with van der Waals surface area (Å²) in [6.07, 6.45) is -4.68. The molecule has 0 heterocycles. The number of ether oxygens (including phenoxy) is 1. The van der Waals surface area contributed by atoms with Crippen LogP contribution in [0.2, 0.25) is 0 Å². The molecule has 1 rings (SSSR count). The fraction of sp³-hybridized carbons (Fsp3) is 0.455. The van der Waals surface area contributed by atoms with Gasteiger partial charge in [0.15, 0.2) is 0 Å². The Bertz CT molecular complexity index is 349. The van der Waals surface area contributed by atoms with E-state index in [1.165, 1.54) is 24.3 Å². The SMILES string of the molecule is CN(C)C(CO)c1ccc(OC(F)(F)F)cc1. The van der Waals surface area contributed by atoms with Gasteiger partial charge in [-0.3, -0.25) is 0 Å². The quantitative estimate of drug-likeness (QED) is 0.887. The van der Waals surface area contributed by atoms with Gasteiger partial charge in [-0.1, -0.05) is 12.1 Å². The largest absolute Gasteiger partial charge is 0.573 e. The minimum atomic E-state index is -4.68. The van der Waals surface area contributed by atoms with Crippen LogP contribution < -0.4 is 4.74 Å². The molecule has 0 aliphatic carbocycles. The van der Waals surface area contributed by atoms with E-state index in [2.05, 4.69) is 4.74 Å². The first-order chi connectivity index (χ1) is 7.83. The van der Waals surface area contributed by atoms with Gasteiger partial charge in [-0.05, 0) is 31.8 Å². The summed E-state index contributed by atoms with van der Waals surface area (Å²) < 4.78 is 39.5. The van der Waals surface area contributed by atoms with Gasteiger partial charge >= 0.3 is 6.36 Å². The average molecular weight is 249 g/mol. The molecule has 0 spiro atoms. The topological polar surface area (TPSA) is 32.7 Å². The number of hydrogen-bond acceptors (Lipinski definition) is 3. The average Bonchev–Trinajstić information content (AvgIpc) is 2.18. The molecule has 1 aromatic rings. The Morgan fingerprint density at radius 3 is 2.12 bits per heavy atom. The van der Waals surface area contributed by atoms with Crippen LogP contribution in [0.3, 0.4) is 0 Å². The van der Waals surface area contributed by atoms with E-state index < -0.39 is 6.36 Å². The highest BCUT2D eigenvalue weighted by Crippen LogP contribution is 2.25. The predicted molar refractivity (Wildman–Crippen MR) is 56.6 cm³/mol. The highest BCUT2D eigenvalue weighted by Gasteiger charge is 2.31. The molecule has 0 aliphatic rings. The summed E-state index contributed by atoms with van der Waals surface area (Å²) in [5.41, 5.74) is 0.729. The molecule has 0 aromatic heterocycles. The molecule has 0 saturated heterocycles. The van der Waals surface area contributed by atoms with Crippen LogP contribution in [0.15, 0.2) is 24.3 Å². The minimum Gasteiger partial charge on any atom is -0.406 e. The third-order valence-electron chi connectivity index (χ3n) is 2.29. The Balaban J connectivity index is 2.80. The second-order valence-electron chi connectivity index (χ2n) is 3.78. The smallest absolute Gasteiger partial charge is 0.406 e. The molecular formula is C11H14F3NO2. The van der Waals surface area contributed by atoms with Crippen molar-refractivity contribution in [3.05, 3.63) is 29.8 Å². The van der Waals surface area contributed by atoms with E-state index in [1.54, 1.807) is 19.0 Å². The summed E-state index contributed by atoms with van der Waals surface area (Å²) in [5.74, 6) is -0.267. The van der Waals surface area contributed by atoms with Crippen LogP contribution in [0.5, 0.6) is 5.75 Å². The van der Waals surface area contributed by atoms with Gasteiger partial charge in [0.25, 0.3) is 0 Å². The molecule has 17 heavy (non-hydrogen) atoms. The van der Waals surface area contributed by atoms with E-state index in [0.717, 1.165) is 5.56 Å². The van der Waals surface area contributed by atoms with E-state index in [9.17, 15) is 13.2 Å². The Labute approximate surface area is 97.4 Å². The van der Waals surface area contributed by atoms with Crippen molar-refractivity contribution in [2.45, 2.75) is 12.4 Å². The molecule has 0 amide bonds. The maximum atomic E-state index is 11.9. The maximum Gasteiger partial charge on any atom is 0.573 e. The molecular weight excluding hydrogens is 235 g/mol. The van der Waals surface area contributed by atoms with E-state index in [4.69, 9.17) is 5.11 Å². The summed E-state index contributed by atoms with van der Waals surface area (Å²) >= 11 is 0. The van der Waals surface area contributed by atoms with E-state index in [-0.39, 0.29) is 18.4 Å². The van der Waals surface area contributed by atoms with E-state index >= 15 is 0 Å². The van der Waals surface area contributed by atoms with Crippen LogP contribution in [-0.2, 0) is 0 Å². The number of likely N-dealkylation sites (N-methyl/N-ethyl adjacent to an activating group) is 1. The van der Waals surface area contributed by atoms with Gasteiger partial charge in [0.2, 0.25) is 0 Å². The van der Waals surface area contributed by atoms with Gasteiger partial charge in [0, 0.05) is 0 Å². The molecule has 96 valence electrons. The van der Waals surface area contributed by atoms with E-state index in [1.807, 2.05) is 0 Å². The third kappa shape index (κ3) is 4.24. The lowest BCUT2D eigenvalue weighted by Crippen LogP contribution is -2.23. The van der Waals surface area contributed by atoms with Crippen LogP contribution in [0.4, 0.5) is 13.2 Å². The van der Waals surface area contributed by atoms with Crippen LogP contribution >= 0.6 is 0 Å². The van der Waals surface area contributed by atoms with Gasteiger partial charge in [0.1, 0.15) is 5.75 Å². The molecule has 0 bridgehead atoms. The van der Waals surface area contributed by atoms with Crippen molar-refractivity contribution in [1.29, 1.82) is 0 Å². The molecule has 1 aromatic carbocycles. The number of rotatable bonds is 4. The Kier molecular flexibility index (Phi) is 4.36. The highest BCUT2D eigenvalue weighted by atomic mass is 19.4. The van der Waals surface area contributed by atoms with Gasteiger partial charge in [-0.15, -0.1) is 13.2 Å². The number of halogens is 3. The Morgan fingerprint density at radius 1 is 1.24 bits per heavy atom. The predicted octanol–water partition coefficient (Wildman–Crippen LogP) is 2.18. The van der Waals surface area contributed by atoms with Gasteiger partial charge in [0.05, 0.1) is 12.6 Å². The normalized spacial score (nSPS) is 13.8. The molecule has 1 unspecified atom stereocenters.